The number of halogens is 2. The van der Waals surface area contributed by atoms with Gasteiger partial charge in [-0.3, -0.25) is 0 Å². The van der Waals surface area contributed by atoms with Crippen LogP contribution < -0.4 is 10.2 Å². The van der Waals surface area contributed by atoms with Gasteiger partial charge in [0, 0.05) is 43.3 Å². The maximum absolute atomic E-state index is 14.3. The molecule has 2 heterocycles. The zero-order chi connectivity index (χ0) is 20.5. The molecule has 29 heavy (non-hydrogen) atoms. The monoisotopic (exact) mass is 417 g/mol. The van der Waals surface area contributed by atoms with Crippen molar-refractivity contribution in [3.63, 3.8) is 0 Å². The highest BCUT2D eigenvalue weighted by molar-refractivity contribution is 6.31. The van der Waals surface area contributed by atoms with Crippen LogP contribution in [0.25, 0.3) is 0 Å². The Morgan fingerprint density at radius 2 is 2.24 bits per heavy atom. The summed E-state index contributed by atoms with van der Waals surface area (Å²) < 4.78 is 14.3. The largest absolute Gasteiger partial charge is 0.353 e. The van der Waals surface area contributed by atoms with Crippen molar-refractivity contribution in [1.82, 2.24) is 20.4 Å². The van der Waals surface area contributed by atoms with E-state index in [0.29, 0.717) is 10.6 Å². The molecule has 2 aromatic rings. The molecule has 4 rings (SSSR count). The zero-order valence-corrected chi connectivity index (χ0v) is 17.4. The summed E-state index contributed by atoms with van der Waals surface area (Å²) in [5.41, 5.74) is 1.48. The van der Waals surface area contributed by atoms with Crippen molar-refractivity contribution < 1.29 is 9.18 Å². The molecule has 0 radical (unpaired) electrons. The molecule has 3 atom stereocenters. The number of aryl methyl sites for hydroxylation is 1. The third-order valence-electron chi connectivity index (χ3n) is 5.92. The van der Waals surface area contributed by atoms with Gasteiger partial charge in [-0.2, -0.15) is 5.10 Å². The van der Waals surface area contributed by atoms with E-state index in [-0.39, 0.29) is 29.8 Å². The van der Waals surface area contributed by atoms with Crippen LogP contribution in [0, 0.1) is 12.7 Å². The normalized spacial score (nSPS) is 23.6. The van der Waals surface area contributed by atoms with Crippen molar-refractivity contribution in [2.75, 3.05) is 25.0 Å². The van der Waals surface area contributed by atoms with Crippen molar-refractivity contribution in [1.29, 1.82) is 0 Å². The van der Waals surface area contributed by atoms with Crippen LogP contribution in [-0.4, -0.2) is 53.3 Å². The number of aromatic nitrogens is 2. The quantitative estimate of drug-likeness (QED) is 0.823. The zero-order valence-electron chi connectivity index (χ0n) is 16.6. The number of urea groups is 1. The number of nitrogens with one attached hydrogen (secondary N) is 1. The second-order valence-electron chi connectivity index (χ2n) is 7.96. The number of piperidine rings is 1. The maximum Gasteiger partial charge on any atom is 0.317 e. The van der Waals surface area contributed by atoms with Crippen molar-refractivity contribution in [2.24, 2.45) is 0 Å². The molecule has 0 spiro atoms. The fraction of sp³-hybridized carbons (Fsp3) is 0.476. The minimum Gasteiger partial charge on any atom is -0.353 e. The summed E-state index contributed by atoms with van der Waals surface area (Å²) in [6.07, 6.45) is 4.33. The van der Waals surface area contributed by atoms with Gasteiger partial charge in [-0.25, -0.2) is 9.18 Å². The van der Waals surface area contributed by atoms with Crippen LogP contribution in [0.3, 0.4) is 0 Å². The van der Waals surface area contributed by atoms with E-state index in [4.69, 9.17) is 11.6 Å². The van der Waals surface area contributed by atoms with Gasteiger partial charge >= 0.3 is 6.03 Å². The first-order valence-electron chi connectivity index (χ1n) is 9.95. The summed E-state index contributed by atoms with van der Waals surface area (Å²) in [6, 6.07) is 6.89. The highest BCUT2D eigenvalue weighted by atomic mass is 35.5. The number of hydrogen-bond acceptors (Lipinski definition) is 4. The van der Waals surface area contributed by atoms with Gasteiger partial charge in [0.15, 0.2) is 5.82 Å². The Morgan fingerprint density at radius 1 is 1.41 bits per heavy atom. The molecule has 1 aliphatic carbocycles. The number of nitrogens with zero attached hydrogens (tertiary/aromatic N) is 4. The van der Waals surface area contributed by atoms with Crippen LogP contribution in [0.2, 0.25) is 5.02 Å². The number of hydrogen-bond donors (Lipinski definition) is 1. The Kier molecular flexibility index (Phi) is 5.58. The Balaban J connectivity index is 1.35. The number of carbonyl (C=O) groups is 1. The van der Waals surface area contributed by atoms with Crippen molar-refractivity contribution in [3.8, 4) is 0 Å². The summed E-state index contributed by atoms with van der Waals surface area (Å²) in [6.45, 7) is 3.49. The lowest BCUT2D eigenvalue weighted by atomic mass is 10.0. The molecular weight excluding hydrogens is 393 g/mol. The van der Waals surface area contributed by atoms with Gasteiger partial charge in [-0.1, -0.05) is 17.7 Å². The molecule has 1 aliphatic heterocycles. The molecule has 1 N–H and O–H groups in total. The molecule has 2 aliphatic rings. The van der Waals surface area contributed by atoms with Crippen LogP contribution in [0.5, 0.6) is 0 Å². The molecule has 2 amide bonds. The third kappa shape index (κ3) is 4.29. The van der Waals surface area contributed by atoms with E-state index in [0.717, 1.165) is 43.7 Å². The van der Waals surface area contributed by atoms with E-state index in [1.807, 2.05) is 26.1 Å². The highest BCUT2D eigenvalue weighted by Gasteiger charge is 2.42. The summed E-state index contributed by atoms with van der Waals surface area (Å²) in [4.78, 5) is 16.7. The van der Waals surface area contributed by atoms with Crippen LogP contribution in [-0.2, 0) is 0 Å². The SMILES string of the molecule is Cc1cc([C@H]2C[C@@H]2NC(=O)N(C)[C@@H]2CCCN(c3cccnn3)C2)c(F)cc1Cl. The second-order valence-corrected chi connectivity index (χ2v) is 8.36. The second kappa shape index (κ2) is 8.14. The smallest absolute Gasteiger partial charge is 0.317 e. The van der Waals surface area contributed by atoms with E-state index in [1.165, 1.54) is 6.07 Å². The van der Waals surface area contributed by atoms with Gasteiger partial charge in [-0.05, 0) is 55.5 Å². The minimum atomic E-state index is -0.303. The fourth-order valence-corrected chi connectivity index (χ4v) is 4.18. The summed E-state index contributed by atoms with van der Waals surface area (Å²) in [7, 11) is 1.82. The highest BCUT2D eigenvalue weighted by Crippen LogP contribution is 2.43. The standard InChI is InChI=1S/C21H25ClFN5O/c1-13-9-15(18(23)11-17(13)22)16-10-19(16)25-21(29)27(2)14-5-4-8-28(12-14)20-6-3-7-24-26-20/h3,6-7,9,11,14,16,19H,4-5,8,10,12H2,1-2H3,(H,25,29)/t14-,16-,19+/m1/s1. The van der Waals surface area contributed by atoms with E-state index in [2.05, 4.69) is 20.4 Å². The third-order valence-corrected chi connectivity index (χ3v) is 6.33. The molecule has 1 saturated carbocycles. The predicted octanol–water partition coefficient (Wildman–Crippen LogP) is 3.74. The van der Waals surface area contributed by atoms with Crippen molar-refractivity contribution in [3.05, 3.63) is 52.4 Å². The lowest BCUT2D eigenvalue weighted by molar-refractivity contribution is 0.182. The van der Waals surface area contributed by atoms with Crippen LogP contribution >= 0.6 is 11.6 Å². The van der Waals surface area contributed by atoms with Gasteiger partial charge < -0.3 is 15.1 Å². The van der Waals surface area contributed by atoms with Crippen molar-refractivity contribution >= 4 is 23.4 Å². The number of benzene rings is 1. The van der Waals surface area contributed by atoms with Gasteiger partial charge in [0.2, 0.25) is 0 Å². The van der Waals surface area contributed by atoms with Crippen LogP contribution in [0.15, 0.2) is 30.5 Å². The van der Waals surface area contributed by atoms with Gasteiger partial charge in [-0.15, -0.1) is 5.10 Å². The molecule has 2 fully saturated rings. The lowest BCUT2D eigenvalue weighted by Crippen LogP contribution is -2.52. The Labute approximate surface area is 175 Å². The first-order chi connectivity index (χ1) is 13.9. The van der Waals surface area contributed by atoms with E-state index in [1.54, 1.807) is 17.2 Å². The van der Waals surface area contributed by atoms with E-state index in [9.17, 15) is 9.18 Å². The molecule has 8 heteroatoms. The summed E-state index contributed by atoms with van der Waals surface area (Å²) in [5.74, 6) is 0.537. The Morgan fingerprint density at radius 3 is 3.00 bits per heavy atom. The Hall–Kier alpha value is -2.41. The summed E-state index contributed by atoms with van der Waals surface area (Å²) in [5, 5.41) is 11.6. The maximum atomic E-state index is 14.3. The van der Waals surface area contributed by atoms with E-state index < -0.39 is 0 Å². The number of carbonyl (C=O) groups excluding carboxylic acids is 1. The molecule has 0 bridgehead atoms. The lowest BCUT2D eigenvalue weighted by Gasteiger charge is -2.38. The topological polar surface area (TPSA) is 61.4 Å². The molecular formula is C21H25ClFN5O. The molecule has 1 saturated heterocycles. The first kappa shape index (κ1) is 19.9. The minimum absolute atomic E-state index is 0.00534. The average molecular weight is 418 g/mol. The average Bonchev–Trinajstić information content (AvgIpc) is 3.49. The first-order valence-corrected chi connectivity index (χ1v) is 10.3. The molecule has 154 valence electrons. The Bertz CT molecular complexity index is 896. The number of amides is 2. The molecule has 1 aromatic heterocycles. The number of rotatable bonds is 4. The van der Waals surface area contributed by atoms with Crippen LogP contribution in [0.1, 0.15) is 36.3 Å². The van der Waals surface area contributed by atoms with Gasteiger partial charge in [0.05, 0.1) is 6.04 Å². The van der Waals surface area contributed by atoms with Gasteiger partial charge in [0.25, 0.3) is 0 Å². The molecule has 0 unspecified atom stereocenters. The van der Waals surface area contributed by atoms with E-state index >= 15 is 0 Å². The summed E-state index contributed by atoms with van der Waals surface area (Å²) >= 11 is 5.99. The molecule has 1 aromatic carbocycles. The number of likely N-dealkylation sites (N-methyl/N-ethyl adjacent to an activating group) is 1. The van der Waals surface area contributed by atoms with Gasteiger partial charge in [0.1, 0.15) is 5.82 Å². The molecule has 6 nitrogen and oxygen atoms in total. The number of anilines is 1. The van der Waals surface area contributed by atoms with Crippen LogP contribution in [0.4, 0.5) is 15.0 Å². The fourth-order valence-electron chi connectivity index (χ4n) is 4.03. The van der Waals surface area contributed by atoms with Crippen molar-refractivity contribution in [2.45, 2.75) is 44.2 Å². The predicted molar refractivity (Wildman–Crippen MR) is 111 cm³/mol.